The van der Waals surface area contributed by atoms with Gasteiger partial charge < -0.3 is 15.2 Å². The summed E-state index contributed by atoms with van der Waals surface area (Å²) in [4.78, 5) is 12.2. The van der Waals surface area contributed by atoms with E-state index in [9.17, 15) is 9.90 Å². The van der Waals surface area contributed by atoms with Gasteiger partial charge in [0.15, 0.2) is 11.5 Å². The summed E-state index contributed by atoms with van der Waals surface area (Å²) in [5.41, 5.74) is 0.844. The Kier molecular flexibility index (Phi) is 6.51. The Morgan fingerprint density at radius 1 is 1.35 bits per heavy atom. The molecule has 1 aromatic carbocycles. The number of allylic oxidation sites excluding steroid dienone is 2. The Bertz CT molecular complexity index is 546. The summed E-state index contributed by atoms with van der Waals surface area (Å²) in [7, 11) is 1.50. The summed E-state index contributed by atoms with van der Waals surface area (Å²) in [5, 5.41) is 12.7. The lowest BCUT2D eigenvalue weighted by atomic mass is 9.85. The van der Waals surface area contributed by atoms with Crippen molar-refractivity contribution in [1.29, 1.82) is 0 Å². The molecule has 1 aliphatic rings. The van der Waals surface area contributed by atoms with Crippen molar-refractivity contribution < 1.29 is 14.6 Å². The fraction of sp³-hybridized carbons (Fsp3) is 0.526. The van der Waals surface area contributed by atoms with Gasteiger partial charge in [-0.15, -0.1) is 0 Å². The van der Waals surface area contributed by atoms with Crippen LogP contribution in [0.15, 0.2) is 30.4 Å². The minimum Gasteiger partial charge on any atom is -0.504 e. The van der Waals surface area contributed by atoms with E-state index in [4.69, 9.17) is 4.74 Å². The molecule has 1 amide bonds. The van der Waals surface area contributed by atoms with Gasteiger partial charge in [-0.1, -0.05) is 25.1 Å². The van der Waals surface area contributed by atoms with Gasteiger partial charge in [-0.2, -0.15) is 0 Å². The molecule has 0 aliphatic heterocycles. The second-order valence-electron chi connectivity index (χ2n) is 6.20. The van der Waals surface area contributed by atoms with Crippen LogP contribution < -0.4 is 10.1 Å². The summed E-state index contributed by atoms with van der Waals surface area (Å²) >= 11 is 0. The number of aromatic hydroxyl groups is 1. The lowest BCUT2D eigenvalue weighted by Gasteiger charge is -2.27. The number of phenolic OH excluding ortho intramolecular Hbond substituents is 1. The van der Waals surface area contributed by atoms with Crippen molar-refractivity contribution >= 4 is 5.91 Å². The molecule has 23 heavy (non-hydrogen) atoms. The number of hydrogen-bond donors (Lipinski definition) is 2. The van der Waals surface area contributed by atoms with Crippen molar-refractivity contribution in [2.75, 3.05) is 7.11 Å². The Morgan fingerprint density at radius 2 is 2.09 bits per heavy atom. The highest BCUT2D eigenvalue weighted by molar-refractivity contribution is 5.79. The van der Waals surface area contributed by atoms with Crippen LogP contribution >= 0.6 is 0 Å². The number of ether oxygens (including phenoxy) is 1. The molecule has 0 atom stereocenters. The van der Waals surface area contributed by atoms with Crippen molar-refractivity contribution in [3.8, 4) is 11.5 Å². The predicted octanol–water partition coefficient (Wildman–Crippen LogP) is 3.58. The third-order valence-corrected chi connectivity index (χ3v) is 4.39. The highest BCUT2D eigenvalue weighted by Gasteiger charge is 2.21. The normalized spacial score (nSPS) is 21.3. The van der Waals surface area contributed by atoms with E-state index in [2.05, 4.69) is 24.4 Å². The topological polar surface area (TPSA) is 58.6 Å². The van der Waals surface area contributed by atoms with E-state index in [1.165, 1.54) is 7.11 Å². The summed E-state index contributed by atoms with van der Waals surface area (Å²) in [5.74, 6) is 1.20. The van der Waals surface area contributed by atoms with E-state index in [0.29, 0.717) is 18.1 Å². The van der Waals surface area contributed by atoms with Crippen LogP contribution in [0.5, 0.6) is 11.5 Å². The van der Waals surface area contributed by atoms with Crippen molar-refractivity contribution in [2.45, 2.75) is 51.5 Å². The molecule has 0 aromatic heterocycles. The second-order valence-corrected chi connectivity index (χ2v) is 6.20. The van der Waals surface area contributed by atoms with Crippen LogP contribution in [0.1, 0.15) is 44.6 Å². The van der Waals surface area contributed by atoms with E-state index >= 15 is 0 Å². The fourth-order valence-corrected chi connectivity index (χ4v) is 3.08. The first-order valence-electron chi connectivity index (χ1n) is 8.44. The maximum Gasteiger partial charge on any atom is 0.224 e. The monoisotopic (exact) mass is 317 g/mol. The largest absolute Gasteiger partial charge is 0.504 e. The van der Waals surface area contributed by atoms with Crippen LogP contribution in [0.2, 0.25) is 0 Å². The van der Waals surface area contributed by atoms with Crippen LogP contribution in [0.25, 0.3) is 0 Å². The molecule has 1 aliphatic carbocycles. The molecule has 2 rings (SSSR count). The van der Waals surface area contributed by atoms with Gasteiger partial charge in [-0.05, 0) is 55.7 Å². The van der Waals surface area contributed by atoms with Crippen LogP contribution in [0.3, 0.4) is 0 Å². The summed E-state index contributed by atoms with van der Waals surface area (Å²) < 4.78 is 5.07. The molecule has 0 radical (unpaired) electrons. The van der Waals surface area contributed by atoms with Gasteiger partial charge in [-0.25, -0.2) is 0 Å². The average Bonchev–Trinajstić information content (AvgIpc) is 2.56. The van der Waals surface area contributed by atoms with E-state index < -0.39 is 0 Å². The number of hydrogen-bond acceptors (Lipinski definition) is 3. The zero-order valence-electron chi connectivity index (χ0n) is 14.0. The molecule has 4 heteroatoms. The standard InChI is InChI=1S/C19H27NO3/c1-3-4-5-14-6-9-16(10-7-14)20-19(22)13-15-8-11-17(21)18(12-15)23-2/h4-5,8,11-12,14,16,21H,3,6-7,9-10,13H2,1-2H3,(H,20,22)/t14-,16-. The molecule has 1 fully saturated rings. The second kappa shape index (κ2) is 8.61. The molecule has 4 nitrogen and oxygen atoms in total. The molecule has 0 spiro atoms. The van der Waals surface area contributed by atoms with Gasteiger partial charge in [0, 0.05) is 6.04 Å². The molecule has 0 unspecified atom stereocenters. The number of carbonyl (C=O) groups is 1. The summed E-state index contributed by atoms with van der Waals surface area (Å²) in [6, 6.07) is 5.31. The zero-order chi connectivity index (χ0) is 16.7. The van der Waals surface area contributed by atoms with Crippen LogP contribution in [-0.2, 0) is 11.2 Å². The molecule has 0 bridgehead atoms. The minimum atomic E-state index is 0.0327. The number of carbonyl (C=O) groups excluding carboxylic acids is 1. The number of methoxy groups -OCH3 is 1. The smallest absolute Gasteiger partial charge is 0.224 e. The maximum absolute atomic E-state index is 12.2. The molecule has 126 valence electrons. The van der Waals surface area contributed by atoms with Gasteiger partial charge in [-0.3, -0.25) is 4.79 Å². The highest BCUT2D eigenvalue weighted by Crippen LogP contribution is 2.27. The molecule has 0 saturated heterocycles. The molecule has 2 N–H and O–H groups in total. The SMILES string of the molecule is CCC=C[C@H]1CC[C@H](NC(=O)Cc2ccc(O)c(OC)c2)CC1. The number of nitrogens with one attached hydrogen (secondary N) is 1. The third-order valence-electron chi connectivity index (χ3n) is 4.39. The third kappa shape index (κ3) is 5.31. The maximum atomic E-state index is 12.2. The molecule has 1 aromatic rings. The number of rotatable bonds is 6. The number of phenols is 1. The quantitative estimate of drug-likeness (QED) is 0.788. The fourth-order valence-electron chi connectivity index (χ4n) is 3.08. The Morgan fingerprint density at radius 3 is 2.74 bits per heavy atom. The van der Waals surface area contributed by atoms with Crippen molar-refractivity contribution in [2.24, 2.45) is 5.92 Å². The Balaban J connectivity index is 1.80. The number of benzene rings is 1. The first kappa shape index (κ1) is 17.4. The van der Waals surface area contributed by atoms with E-state index in [1.807, 2.05) is 0 Å². The van der Waals surface area contributed by atoms with Crippen molar-refractivity contribution in [3.63, 3.8) is 0 Å². The molecular weight excluding hydrogens is 290 g/mol. The minimum absolute atomic E-state index is 0.0327. The van der Waals surface area contributed by atoms with Gasteiger partial charge >= 0.3 is 0 Å². The summed E-state index contributed by atoms with van der Waals surface area (Å²) in [6.07, 6.45) is 10.3. The Hall–Kier alpha value is -1.97. The van der Waals surface area contributed by atoms with E-state index in [1.54, 1.807) is 18.2 Å². The number of amides is 1. The van der Waals surface area contributed by atoms with E-state index in [-0.39, 0.29) is 17.7 Å². The van der Waals surface area contributed by atoms with Crippen LogP contribution in [0.4, 0.5) is 0 Å². The highest BCUT2D eigenvalue weighted by atomic mass is 16.5. The molecular formula is C19H27NO3. The predicted molar refractivity (Wildman–Crippen MR) is 91.7 cm³/mol. The zero-order valence-corrected chi connectivity index (χ0v) is 14.0. The van der Waals surface area contributed by atoms with Crippen LogP contribution in [0, 0.1) is 5.92 Å². The Labute approximate surface area is 138 Å². The lowest BCUT2D eigenvalue weighted by molar-refractivity contribution is -0.121. The summed E-state index contributed by atoms with van der Waals surface area (Å²) in [6.45, 7) is 2.15. The van der Waals surface area contributed by atoms with Gasteiger partial charge in [0.25, 0.3) is 0 Å². The van der Waals surface area contributed by atoms with Gasteiger partial charge in [0.2, 0.25) is 5.91 Å². The first-order chi connectivity index (χ1) is 11.1. The first-order valence-corrected chi connectivity index (χ1v) is 8.44. The van der Waals surface area contributed by atoms with Crippen molar-refractivity contribution in [3.05, 3.63) is 35.9 Å². The molecule has 1 saturated carbocycles. The molecule has 0 heterocycles. The van der Waals surface area contributed by atoms with Gasteiger partial charge in [0.1, 0.15) is 0 Å². The van der Waals surface area contributed by atoms with Crippen LogP contribution in [-0.4, -0.2) is 24.2 Å². The average molecular weight is 317 g/mol. The van der Waals surface area contributed by atoms with Crippen molar-refractivity contribution in [1.82, 2.24) is 5.32 Å². The van der Waals surface area contributed by atoms with E-state index in [0.717, 1.165) is 37.7 Å². The van der Waals surface area contributed by atoms with Gasteiger partial charge in [0.05, 0.1) is 13.5 Å². The lowest BCUT2D eigenvalue weighted by Crippen LogP contribution is -2.38.